The van der Waals surface area contributed by atoms with Gasteiger partial charge in [-0.2, -0.15) is 0 Å². The minimum Gasteiger partial charge on any atom is -0.467 e. The number of carbonyl (C=O) groups is 2. The highest BCUT2D eigenvalue weighted by Crippen LogP contribution is 2.17. The summed E-state index contributed by atoms with van der Waals surface area (Å²) in [5.74, 6) is 0.297. The van der Waals surface area contributed by atoms with Gasteiger partial charge < -0.3 is 19.8 Å². The van der Waals surface area contributed by atoms with E-state index in [1.54, 1.807) is 36.6 Å². The van der Waals surface area contributed by atoms with Crippen LogP contribution in [0.25, 0.3) is 0 Å². The molecule has 0 unspecified atom stereocenters. The lowest BCUT2D eigenvalue weighted by Crippen LogP contribution is -2.14. The fourth-order valence-corrected chi connectivity index (χ4v) is 3.56. The second kappa shape index (κ2) is 9.88. The molecule has 0 aliphatic carbocycles. The molecular weight excluding hydrogens is 412 g/mol. The first kappa shape index (κ1) is 20.6. The third kappa shape index (κ3) is 5.69. The minimum absolute atomic E-state index is 0.199. The lowest BCUT2D eigenvalue weighted by Gasteiger charge is -2.09. The van der Waals surface area contributed by atoms with Gasteiger partial charge in [0.15, 0.2) is 0 Å². The Kier molecular flexibility index (Phi) is 6.56. The SMILES string of the molecule is O=C(Nc1cccc(COCc2ccco2)c1)c1cccc(NC(=O)c2cccs2)c1. The number of amides is 2. The Hall–Kier alpha value is -3.68. The van der Waals surface area contributed by atoms with E-state index in [1.165, 1.54) is 11.3 Å². The largest absolute Gasteiger partial charge is 0.467 e. The van der Waals surface area contributed by atoms with Gasteiger partial charge in [-0.25, -0.2) is 0 Å². The maximum atomic E-state index is 12.7. The molecule has 2 amide bonds. The van der Waals surface area contributed by atoms with Crippen molar-refractivity contribution in [1.29, 1.82) is 0 Å². The van der Waals surface area contributed by atoms with Crippen molar-refractivity contribution in [1.82, 2.24) is 0 Å². The average Bonchev–Trinajstić information content (AvgIpc) is 3.49. The second-order valence-electron chi connectivity index (χ2n) is 6.74. The highest BCUT2D eigenvalue weighted by atomic mass is 32.1. The first-order valence-corrected chi connectivity index (χ1v) is 10.5. The highest BCUT2D eigenvalue weighted by molar-refractivity contribution is 7.12. The maximum Gasteiger partial charge on any atom is 0.265 e. The zero-order valence-electron chi connectivity index (χ0n) is 16.5. The topological polar surface area (TPSA) is 80.6 Å². The summed E-state index contributed by atoms with van der Waals surface area (Å²) in [7, 11) is 0. The maximum absolute atomic E-state index is 12.7. The van der Waals surface area contributed by atoms with Crippen molar-refractivity contribution in [3.05, 3.63) is 106 Å². The van der Waals surface area contributed by atoms with E-state index >= 15 is 0 Å². The van der Waals surface area contributed by atoms with Gasteiger partial charge in [0.05, 0.1) is 17.7 Å². The number of hydrogen-bond donors (Lipinski definition) is 2. The van der Waals surface area contributed by atoms with Crippen LogP contribution in [0.2, 0.25) is 0 Å². The zero-order chi connectivity index (χ0) is 21.5. The van der Waals surface area contributed by atoms with E-state index in [4.69, 9.17) is 9.15 Å². The molecular formula is C24H20N2O4S. The third-order valence-electron chi connectivity index (χ3n) is 4.41. The van der Waals surface area contributed by atoms with Crippen LogP contribution in [0, 0.1) is 0 Å². The fraction of sp³-hybridized carbons (Fsp3) is 0.0833. The molecule has 2 heterocycles. The minimum atomic E-state index is -0.263. The Morgan fingerprint density at radius 3 is 2.42 bits per heavy atom. The van der Waals surface area contributed by atoms with Gasteiger partial charge in [0, 0.05) is 16.9 Å². The number of benzene rings is 2. The normalized spacial score (nSPS) is 10.6. The van der Waals surface area contributed by atoms with E-state index in [0.717, 1.165) is 11.3 Å². The van der Waals surface area contributed by atoms with Gasteiger partial charge in [0.25, 0.3) is 11.8 Å². The van der Waals surface area contributed by atoms with Crippen molar-refractivity contribution in [2.75, 3.05) is 10.6 Å². The van der Waals surface area contributed by atoms with Gasteiger partial charge in [0.1, 0.15) is 12.4 Å². The molecule has 0 radical (unpaired) electrons. The van der Waals surface area contributed by atoms with Crippen molar-refractivity contribution in [3.63, 3.8) is 0 Å². The standard InChI is InChI=1S/C24H20N2O4S/c27-23(18-6-2-8-20(14-18)26-24(28)22-10-4-12-31-22)25-19-7-1-5-17(13-19)15-29-16-21-9-3-11-30-21/h1-14H,15-16H2,(H,25,27)(H,26,28). The molecule has 0 bridgehead atoms. The fourth-order valence-electron chi connectivity index (χ4n) is 2.94. The summed E-state index contributed by atoms with van der Waals surface area (Å²) < 4.78 is 10.9. The highest BCUT2D eigenvalue weighted by Gasteiger charge is 2.10. The molecule has 0 atom stereocenters. The van der Waals surface area contributed by atoms with Crippen LogP contribution < -0.4 is 10.6 Å². The summed E-state index contributed by atoms with van der Waals surface area (Å²) in [5, 5.41) is 7.54. The van der Waals surface area contributed by atoms with Crippen LogP contribution in [0.4, 0.5) is 11.4 Å². The number of carbonyl (C=O) groups excluding carboxylic acids is 2. The number of anilines is 2. The molecule has 4 rings (SSSR count). The average molecular weight is 433 g/mol. The van der Waals surface area contributed by atoms with Gasteiger partial charge in [-0.3, -0.25) is 9.59 Å². The van der Waals surface area contributed by atoms with Crippen LogP contribution in [0.3, 0.4) is 0 Å². The lowest BCUT2D eigenvalue weighted by atomic mass is 10.1. The zero-order valence-corrected chi connectivity index (χ0v) is 17.4. The van der Waals surface area contributed by atoms with Crippen LogP contribution >= 0.6 is 11.3 Å². The molecule has 0 saturated carbocycles. The molecule has 0 spiro atoms. The predicted octanol–water partition coefficient (Wildman–Crippen LogP) is 5.56. The first-order chi connectivity index (χ1) is 15.2. The Bertz CT molecular complexity index is 1150. The first-order valence-electron chi connectivity index (χ1n) is 9.63. The van der Waals surface area contributed by atoms with Gasteiger partial charge in [0.2, 0.25) is 0 Å². The van der Waals surface area contributed by atoms with Crippen molar-refractivity contribution in [2.45, 2.75) is 13.2 Å². The van der Waals surface area contributed by atoms with E-state index < -0.39 is 0 Å². The predicted molar refractivity (Wildman–Crippen MR) is 120 cm³/mol. The molecule has 7 heteroatoms. The van der Waals surface area contributed by atoms with E-state index in [1.807, 2.05) is 47.8 Å². The molecule has 2 N–H and O–H groups in total. The quantitative estimate of drug-likeness (QED) is 0.382. The molecule has 4 aromatic rings. The summed E-state index contributed by atoms with van der Waals surface area (Å²) in [6, 6.07) is 21.5. The molecule has 0 aliphatic rings. The molecule has 2 aromatic heterocycles. The van der Waals surface area contributed by atoms with Gasteiger partial charge in [-0.1, -0.05) is 24.3 Å². The third-order valence-corrected chi connectivity index (χ3v) is 5.27. The number of rotatable bonds is 8. The Labute approximate surface area is 183 Å². The van der Waals surface area contributed by atoms with E-state index in [2.05, 4.69) is 10.6 Å². The van der Waals surface area contributed by atoms with E-state index in [-0.39, 0.29) is 11.8 Å². The smallest absolute Gasteiger partial charge is 0.265 e. The van der Waals surface area contributed by atoms with Gasteiger partial charge in [-0.15, -0.1) is 11.3 Å². The monoisotopic (exact) mass is 432 g/mol. The summed E-state index contributed by atoms with van der Waals surface area (Å²) >= 11 is 1.36. The molecule has 2 aromatic carbocycles. The summed E-state index contributed by atoms with van der Waals surface area (Å²) in [4.78, 5) is 25.5. The van der Waals surface area contributed by atoms with Crippen molar-refractivity contribution in [3.8, 4) is 0 Å². The lowest BCUT2D eigenvalue weighted by molar-refractivity contribution is 0.0929. The van der Waals surface area contributed by atoms with Crippen molar-refractivity contribution in [2.24, 2.45) is 0 Å². The van der Waals surface area contributed by atoms with Crippen molar-refractivity contribution < 1.29 is 18.7 Å². The van der Waals surface area contributed by atoms with E-state index in [0.29, 0.717) is 35.0 Å². The Balaban J connectivity index is 1.36. The number of furan rings is 1. The molecule has 0 fully saturated rings. The molecule has 31 heavy (non-hydrogen) atoms. The molecule has 156 valence electrons. The number of thiophene rings is 1. The number of nitrogens with one attached hydrogen (secondary N) is 2. The van der Waals surface area contributed by atoms with Crippen LogP contribution in [0.1, 0.15) is 31.4 Å². The van der Waals surface area contributed by atoms with Crippen molar-refractivity contribution >= 4 is 34.5 Å². The molecule has 0 aliphatic heterocycles. The molecule has 0 saturated heterocycles. The Morgan fingerprint density at radius 2 is 1.65 bits per heavy atom. The number of ether oxygens (including phenoxy) is 1. The summed E-state index contributed by atoms with van der Waals surface area (Å²) in [5.41, 5.74) is 2.60. The van der Waals surface area contributed by atoms with Crippen LogP contribution in [0.15, 0.2) is 88.9 Å². The Morgan fingerprint density at radius 1 is 0.839 bits per heavy atom. The van der Waals surface area contributed by atoms with Crippen LogP contribution in [-0.2, 0) is 18.0 Å². The van der Waals surface area contributed by atoms with Gasteiger partial charge in [-0.05, 0) is 59.5 Å². The van der Waals surface area contributed by atoms with Crippen LogP contribution in [-0.4, -0.2) is 11.8 Å². The molecule has 6 nitrogen and oxygen atoms in total. The number of hydrogen-bond acceptors (Lipinski definition) is 5. The summed E-state index contributed by atoms with van der Waals surface area (Å²) in [6.07, 6.45) is 1.61. The second-order valence-corrected chi connectivity index (χ2v) is 7.69. The van der Waals surface area contributed by atoms with Gasteiger partial charge >= 0.3 is 0 Å². The summed E-state index contributed by atoms with van der Waals surface area (Å²) in [6.45, 7) is 0.780. The van der Waals surface area contributed by atoms with E-state index in [9.17, 15) is 9.59 Å². The van der Waals surface area contributed by atoms with Crippen LogP contribution in [0.5, 0.6) is 0 Å².